The first-order valence-corrected chi connectivity index (χ1v) is 18.9. The Morgan fingerprint density at radius 2 is 1.35 bits per heavy atom. The summed E-state index contributed by atoms with van der Waals surface area (Å²) >= 11 is 1.70. The Kier molecular flexibility index (Phi) is 11.8. The van der Waals surface area contributed by atoms with Gasteiger partial charge < -0.3 is 28.4 Å². The molecule has 0 saturated carbocycles. The number of fused-ring (bicyclic) bond motifs is 1. The third-order valence-corrected chi connectivity index (χ3v) is 10.7. The standard InChI is InChI=1S/C42H45N5O7S/c1-28(48)47-35(27-34(44-47)31-25-38(50-3)41(52-5)39(26-31)51-4)29-13-14-36(49-2)37(24-29)54-22-20-46-17-15-45(16-18-46)19-21-53-32-10-8-9-30(23-32)42-43-33-11-6-7-12-40(33)55-42/h6-14,23-27H,15-22H2,1-5H3. The van der Waals surface area contributed by atoms with Crippen LogP contribution < -0.4 is 28.4 Å². The molecule has 1 fully saturated rings. The number of hydrogen-bond donors (Lipinski definition) is 0. The summed E-state index contributed by atoms with van der Waals surface area (Å²) < 4.78 is 37.2. The maximum atomic E-state index is 12.8. The molecule has 2 aromatic heterocycles. The third-order valence-electron chi connectivity index (χ3n) is 9.61. The number of nitrogens with zero attached hydrogens (tertiary/aromatic N) is 5. The highest BCUT2D eigenvalue weighted by Gasteiger charge is 2.21. The molecule has 0 radical (unpaired) electrons. The second-order valence-corrected chi connectivity index (χ2v) is 14.1. The van der Waals surface area contributed by atoms with Crippen LogP contribution in [-0.2, 0) is 0 Å². The van der Waals surface area contributed by atoms with Crippen molar-refractivity contribution in [3.05, 3.63) is 84.9 Å². The van der Waals surface area contributed by atoms with Crippen molar-refractivity contribution in [2.24, 2.45) is 0 Å². The minimum absolute atomic E-state index is 0.229. The van der Waals surface area contributed by atoms with E-state index in [1.807, 2.05) is 54.6 Å². The van der Waals surface area contributed by atoms with Gasteiger partial charge in [0.1, 0.15) is 24.0 Å². The summed E-state index contributed by atoms with van der Waals surface area (Å²) in [6.45, 7) is 8.00. The largest absolute Gasteiger partial charge is 0.493 e. The number of para-hydroxylation sites is 1. The SMILES string of the molecule is COc1ccc(-c2cc(-c3cc(OC)c(OC)c(OC)c3)nn2C(C)=O)cc1OCCN1CCN(CCOc2cccc(-c3nc4ccccc4s3)c2)CC1. The first-order valence-electron chi connectivity index (χ1n) is 18.1. The van der Waals surface area contributed by atoms with Crippen LogP contribution in [0.5, 0.6) is 34.5 Å². The number of methoxy groups -OCH3 is 4. The van der Waals surface area contributed by atoms with Gasteiger partial charge in [0, 0.05) is 62.9 Å². The van der Waals surface area contributed by atoms with Crippen LogP contribution in [0.1, 0.15) is 11.7 Å². The van der Waals surface area contributed by atoms with E-state index >= 15 is 0 Å². The molecule has 55 heavy (non-hydrogen) atoms. The fourth-order valence-electron chi connectivity index (χ4n) is 6.67. The Bertz CT molecular complexity index is 2200. The summed E-state index contributed by atoms with van der Waals surface area (Å²) in [6, 6.07) is 27.5. The Hall–Kier alpha value is -5.63. The molecule has 12 nitrogen and oxygen atoms in total. The summed E-state index contributed by atoms with van der Waals surface area (Å²) in [5.74, 6) is 3.29. The van der Waals surface area contributed by atoms with Crippen LogP contribution in [0.4, 0.5) is 0 Å². The van der Waals surface area contributed by atoms with Crippen molar-refractivity contribution >= 4 is 27.5 Å². The molecule has 3 heterocycles. The molecule has 0 spiro atoms. The molecule has 286 valence electrons. The third kappa shape index (κ3) is 8.54. The number of carbonyl (C=O) groups is 1. The van der Waals surface area contributed by atoms with Crippen LogP contribution in [0.2, 0.25) is 0 Å². The quantitative estimate of drug-likeness (QED) is 0.105. The smallest absolute Gasteiger partial charge is 0.244 e. The van der Waals surface area contributed by atoms with Crippen LogP contribution in [0.15, 0.2) is 84.9 Å². The van der Waals surface area contributed by atoms with E-state index in [0.29, 0.717) is 58.9 Å². The molecule has 6 aromatic rings. The van der Waals surface area contributed by atoms with E-state index in [-0.39, 0.29) is 5.91 Å². The number of rotatable bonds is 15. The number of thiazole rings is 1. The molecular formula is C42H45N5O7S. The number of piperazine rings is 1. The van der Waals surface area contributed by atoms with Crippen molar-refractivity contribution in [3.63, 3.8) is 0 Å². The van der Waals surface area contributed by atoms with Crippen molar-refractivity contribution in [3.8, 4) is 67.6 Å². The van der Waals surface area contributed by atoms with E-state index < -0.39 is 0 Å². The lowest BCUT2D eigenvalue weighted by molar-refractivity contribution is 0.0923. The molecule has 0 bridgehead atoms. The topological polar surface area (TPSA) is 110 Å². The minimum Gasteiger partial charge on any atom is -0.493 e. The van der Waals surface area contributed by atoms with E-state index in [0.717, 1.165) is 66.7 Å². The van der Waals surface area contributed by atoms with Gasteiger partial charge in [-0.15, -0.1) is 11.3 Å². The van der Waals surface area contributed by atoms with E-state index in [1.54, 1.807) is 51.9 Å². The number of hydrogen-bond acceptors (Lipinski definition) is 12. The fraction of sp³-hybridized carbons (Fsp3) is 0.310. The highest BCUT2D eigenvalue weighted by atomic mass is 32.1. The van der Waals surface area contributed by atoms with Gasteiger partial charge >= 0.3 is 0 Å². The molecule has 0 aliphatic carbocycles. The van der Waals surface area contributed by atoms with Crippen molar-refractivity contribution in [2.75, 3.05) is 80.9 Å². The summed E-state index contributed by atoms with van der Waals surface area (Å²) in [7, 11) is 6.29. The minimum atomic E-state index is -0.229. The highest BCUT2D eigenvalue weighted by molar-refractivity contribution is 7.21. The van der Waals surface area contributed by atoms with Gasteiger partial charge in [0.25, 0.3) is 0 Å². The number of ether oxygens (including phenoxy) is 6. The fourth-order valence-corrected chi connectivity index (χ4v) is 7.64. The lowest BCUT2D eigenvalue weighted by atomic mass is 10.1. The summed E-state index contributed by atoms with van der Waals surface area (Å²) in [5, 5.41) is 5.64. The molecule has 1 saturated heterocycles. The molecule has 1 aliphatic rings. The number of carbonyl (C=O) groups excluding carboxylic acids is 1. The zero-order valence-corrected chi connectivity index (χ0v) is 32.6. The van der Waals surface area contributed by atoms with E-state index in [2.05, 4.69) is 33.1 Å². The van der Waals surface area contributed by atoms with Crippen LogP contribution in [0.25, 0.3) is 43.3 Å². The zero-order chi connectivity index (χ0) is 38.3. The van der Waals surface area contributed by atoms with Crippen molar-refractivity contribution in [1.82, 2.24) is 24.6 Å². The molecule has 0 atom stereocenters. The summed E-state index contributed by atoms with van der Waals surface area (Å²) in [5.41, 5.74) is 4.75. The molecule has 0 N–H and O–H groups in total. The molecule has 1 aliphatic heterocycles. The van der Waals surface area contributed by atoms with Gasteiger partial charge in [-0.3, -0.25) is 14.6 Å². The van der Waals surface area contributed by atoms with Gasteiger partial charge in [-0.1, -0.05) is 24.3 Å². The maximum Gasteiger partial charge on any atom is 0.244 e. The average Bonchev–Trinajstić information content (AvgIpc) is 3.87. The van der Waals surface area contributed by atoms with E-state index in [9.17, 15) is 4.79 Å². The van der Waals surface area contributed by atoms with E-state index in [4.69, 9.17) is 33.4 Å². The molecule has 0 unspecified atom stereocenters. The summed E-state index contributed by atoms with van der Waals surface area (Å²) in [6.07, 6.45) is 0. The molecule has 7 rings (SSSR count). The van der Waals surface area contributed by atoms with Crippen LogP contribution >= 0.6 is 11.3 Å². The molecule has 0 amide bonds. The molecular weight excluding hydrogens is 719 g/mol. The maximum absolute atomic E-state index is 12.8. The second-order valence-electron chi connectivity index (χ2n) is 13.0. The zero-order valence-electron chi connectivity index (χ0n) is 31.7. The van der Waals surface area contributed by atoms with Gasteiger partial charge in [-0.05, 0) is 60.7 Å². The predicted octanol–water partition coefficient (Wildman–Crippen LogP) is 7.26. The monoisotopic (exact) mass is 763 g/mol. The Morgan fingerprint density at radius 3 is 2.00 bits per heavy atom. The van der Waals surface area contributed by atoms with Crippen LogP contribution in [-0.4, -0.2) is 111 Å². The van der Waals surface area contributed by atoms with Crippen LogP contribution in [0.3, 0.4) is 0 Å². The first kappa shape index (κ1) is 37.7. The Labute approximate surface area is 324 Å². The molecule has 4 aromatic carbocycles. The second kappa shape index (κ2) is 17.2. The van der Waals surface area contributed by atoms with Crippen LogP contribution in [0, 0.1) is 0 Å². The van der Waals surface area contributed by atoms with Crippen molar-refractivity contribution < 1.29 is 33.2 Å². The highest BCUT2D eigenvalue weighted by Crippen LogP contribution is 2.42. The lowest BCUT2D eigenvalue weighted by Crippen LogP contribution is -2.48. The number of aromatic nitrogens is 3. The van der Waals surface area contributed by atoms with Crippen molar-refractivity contribution in [2.45, 2.75) is 6.92 Å². The van der Waals surface area contributed by atoms with E-state index in [1.165, 1.54) is 16.3 Å². The summed E-state index contributed by atoms with van der Waals surface area (Å²) in [4.78, 5) is 22.4. The van der Waals surface area contributed by atoms with Gasteiger partial charge in [0.2, 0.25) is 11.7 Å². The van der Waals surface area contributed by atoms with Gasteiger partial charge in [0.15, 0.2) is 23.0 Å². The van der Waals surface area contributed by atoms with Crippen molar-refractivity contribution in [1.29, 1.82) is 0 Å². The number of benzene rings is 4. The van der Waals surface area contributed by atoms with Gasteiger partial charge in [-0.25, -0.2) is 4.98 Å². The average molecular weight is 764 g/mol. The predicted molar refractivity (Wildman–Crippen MR) is 215 cm³/mol. The van der Waals surface area contributed by atoms with Gasteiger partial charge in [0.05, 0.1) is 50.0 Å². The molecule has 13 heteroatoms. The Morgan fingerprint density at radius 1 is 0.673 bits per heavy atom. The first-order chi connectivity index (χ1) is 26.9. The Balaban J connectivity index is 0.930. The lowest BCUT2D eigenvalue weighted by Gasteiger charge is -2.34. The van der Waals surface area contributed by atoms with Gasteiger partial charge in [-0.2, -0.15) is 9.78 Å². The normalized spacial score (nSPS) is 13.5.